The molecule has 0 amide bonds. The van der Waals surface area contributed by atoms with Crippen molar-refractivity contribution in [1.82, 2.24) is 34.9 Å². The van der Waals surface area contributed by atoms with Gasteiger partial charge in [0.2, 0.25) is 0 Å². The molecule has 0 unspecified atom stereocenters. The second kappa shape index (κ2) is 23.8. The molecule has 0 saturated carbocycles. The Balaban J connectivity index is 0.612. The molecule has 9 nitrogen and oxygen atoms in total. The molecular weight excluding hydrogens is 1330 g/mol. The van der Waals surface area contributed by atoms with Crippen LogP contribution in [-0.2, 0) is 10.8 Å². The molecule has 0 fully saturated rings. The van der Waals surface area contributed by atoms with E-state index < -0.39 is 10.8 Å². The lowest BCUT2D eigenvalue weighted by Crippen LogP contribution is -2.32. The molecule has 498 valence electrons. The summed E-state index contributed by atoms with van der Waals surface area (Å²) in [5.41, 5.74) is 24.4. The van der Waals surface area contributed by atoms with Gasteiger partial charge in [-0.15, -0.1) is 11.3 Å². The van der Waals surface area contributed by atoms with Gasteiger partial charge in [0.25, 0.3) is 0 Å². The van der Waals surface area contributed by atoms with Crippen LogP contribution in [0.3, 0.4) is 0 Å². The van der Waals surface area contributed by atoms with E-state index in [2.05, 4.69) is 296 Å². The monoisotopic (exact) mass is 1380 g/mol. The molecule has 6 heterocycles. The van der Waals surface area contributed by atoms with E-state index in [0.29, 0.717) is 40.6 Å². The van der Waals surface area contributed by atoms with Crippen molar-refractivity contribution < 1.29 is 9.47 Å². The van der Waals surface area contributed by atoms with Crippen LogP contribution in [-0.4, -0.2) is 34.9 Å². The van der Waals surface area contributed by atoms with Gasteiger partial charge >= 0.3 is 0 Å². The van der Waals surface area contributed by atoms with Gasteiger partial charge in [0, 0.05) is 76.4 Å². The summed E-state index contributed by atoms with van der Waals surface area (Å²) < 4.78 is 16.5. The van der Waals surface area contributed by atoms with Crippen molar-refractivity contribution in [2.75, 3.05) is 0 Å². The van der Waals surface area contributed by atoms with Gasteiger partial charge in [-0.25, -0.2) is 29.9 Å². The van der Waals surface area contributed by atoms with Gasteiger partial charge in [-0.1, -0.05) is 285 Å². The SMILES string of the molecule is c1ccc(-c2nc(-c3ccc(-c4ccc5c(c4)Oc4ccc(-c6ccc(-c7nc(-c8ccc(-c9ccc%10c(c9)Oc9ccccc9C%109c%10ccccc%10-c%10ccccc%109)cc8)nc(-c8ccc9c(c8)sc8ccccc89)n7)cc6)cc4C54c5ccccc5-c5ccccc54)cc3)nc(-c3ccccn3)n2)cc1. The van der Waals surface area contributed by atoms with E-state index >= 15 is 0 Å². The number of nitrogens with zero attached hydrogens (tertiary/aromatic N) is 7. The average molecular weight is 1380 g/mol. The first-order valence-corrected chi connectivity index (χ1v) is 36.8. The number of hydrogen-bond donors (Lipinski definition) is 0. The van der Waals surface area contributed by atoms with Gasteiger partial charge in [-0.05, 0) is 132 Å². The van der Waals surface area contributed by atoms with Gasteiger partial charge < -0.3 is 9.47 Å². The molecule has 4 aliphatic rings. The number of hydrogen-bond acceptors (Lipinski definition) is 10. The second-order valence-electron chi connectivity index (χ2n) is 27.8. The number of rotatable bonds is 9. The van der Waals surface area contributed by atoms with E-state index in [1.54, 1.807) is 17.5 Å². The van der Waals surface area contributed by atoms with Crippen LogP contribution in [0.15, 0.2) is 346 Å². The summed E-state index contributed by atoms with van der Waals surface area (Å²) in [4.78, 5) is 35.4. The standard InChI is InChI=1S/C97H57N7O2S/c1-2-18-61(19-3-1)90-99-93(104-95(103-90)83-30-16-17-53-98-83)64-43-37-60(38-44-64)67-47-51-81-87(56-67)106-85-52-48-65(54-82(85)97(81)77-27-11-6-22-71(77)72-23-7-12-28-78(72)97)58-33-39-62(40-34-58)91-100-92(102-94(101-91)68-45-49-74-73-24-8-15-32-88(73)107-89(74)57-68)63-41-35-59(36-42-63)66-46-50-80-86(55-66)105-84-31-14-13-29-79(84)96(80)75-25-9-4-20-69(75)70-21-5-10-26-76(70)96/h1-57H. The highest BCUT2D eigenvalue weighted by atomic mass is 32.1. The molecule has 0 atom stereocenters. The predicted molar refractivity (Wildman–Crippen MR) is 428 cm³/mol. The molecule has 4 aromatic heterocycles. The maximum absolute atomic E-state index is 7.20. The Bertz CT molecular complexity index is 6550. The number of pyridine rings is 1. The highest BCUT2D eigenvalue weighted by molar-refractivity contribution is 7.25. The van der Waals surface area contributed by atoms with Crippen LogP contribution in [0, 0.1) is 0 Å². The molecular formula is C97H57N7O2S. The lowest BCUT2D eigenvalue weighted by atomic mass is 9.65. The number of para-hydroxylation sites is 1. The van der Waals surface area contributed by atoms with E-state index in [9.17, 15) is 0 Å². The molecule has 0 radical (unpaired) electrons. The molecule has 22 rings (SSSR count). The predicted octanol–water partition coefficient (Wildman–Crippen LogP) is 23.8. The Morgan fingerprint density at radius 2 is 0.579 bits per heavy atom. The topological polar surface area (TPSA) is 109 Å². The molecule has 0 saturated heterocycles. The molecule has 107 heavy (non-hydrogen) atoms. The third-order valence-corrected chi connectivity index (χ3v) is 23.2. The minimum atomic E-state index is -0.703. The van der Waals surface area contributed by atoms with Gasteiger partial charge in [0.15, 0.2) is 34.9 Å². The Morgan fingerprint density at radius 1 is 0.215 bits per heavy atom. The summed E-state index contributed by atoms with van der Waals surface area (Å²) in [6, 6.07) is 121. The molecule has 10 heteroatoms. The van der Waals surface area contributed by atoms with E-state index in [1.165, 1.54) is 64.7 Å². The van der Waals surface area contributed by atoms with E-state index in [0.717, 1.165) is 106 Å². The van der Waals surface area contributed by atoms with Crippen LogP contribution in [0.5, 0.6) is 23.0 Å². The molecule has 2 aliphatic heterocycles. The Kier molecular flexibility index (Phi) is 13.5. The van der Waals surface area contributed by atoms with Crippen molar-refractivity contribution in [2.24, 2.45) is 0 Å². The lowest BCUT2D eigenvalue weighted by Gasteiger charge is -2.40. The molecule has 0 bridgehead atoms. The fourth-order valence-corrected chi connectivity index (χ4v) is 18.3. The van der Waals surface area contributed by atoms with E-state index in [1.807, 2.05) is 48.5 Å². The summed E-state index contributed by atoms with van der Waals surface area (Å²) in [7, 11) is 0. The third-order valence-electron chi connectivity index (χ3n) is 22.1. The highest BCUT2D eigenvalue weighted by Gasteiger charge is 2.53. The largest absolute Gasteiger partial charge is 0.457 e. The Morgan fingerprint density at radius 3 is 1.10 bits per heavy atom. The first-order chi connectivity index (χ1) is 53.0. The van der Waals surface area contributed by atoms with E-state index in [-0.39, 0.29) is 0 Å². The molecule has 2 aliphatic carbocycles. The fraction of sp³-hybridized carbons (Fsp3) is 0.0206. The second-order valence-corrected chi connectivity index (χ2v) is 28.8. The summed E-state index contributed by atoms with van der Waals surface area (Å²) in [5.74, 6) is 6.72. The average Bonchev–Trinajstić information content (AvgIpc) is 1.56. The summed E-state index contributed by atoms with van der Waals surface area (Å²) in [6.07, 6.45) is 1.76. The number of fused-ring (bicyclic) bond motifs is 21. The van der Waals surface area contributed by atoms with Gasteiger partial charge in [0.1, 0.15) is 28.7 Å². The normalized spacial score (nSPS) is 13.3. The lowest BCUT2D eigenvalue weighted by molar-refractivity contribution is 0.436. The van der Waals surface area contributed by atoms with Crippen molar-refractivity contribution in [3.05, 3.63) is 390 Å². The van der Waals surface area contributed by atoms with Crippen molar-refractivity contribution in [3.8, 4) is 147 Å². The van der Waals surface area contributed by atoms with E-state index in [4.69, 9.17) is 39.4 Å². The summed E-state index contributed by atoms with van der Waals surface area (Å²) in [5, 5.41) is 2.46. The van der Waals surface area contributed by atoms with Crippen LogP contribution < -0.4 is 9.47 Å². The van der Waals surface area contributed by atoms with Crippen LogP contribution in [0.1, 0.15) is 44.5 Å². The maximum atomic E-state index is 7.20. The summed E-state index contributed by atoms with van der Waals surface area (Å²) >= 11 is 1.78. The Labute approximate surface area is 620 Å². The quantitative estimate of drug-likeness (QED) is 0.140. The molecule has 18 aromatic rings. The first-order valence-electron chi connectivity index (χ1n) is 36.0. The highest BCUT2D eigenvalue weighted by Crippen LogP contribution is 2.65. The minimum Gasteiger partial charge on any atom is -0.457 e. The zero-order valence-electron chi connectivity index (χ0n) is 57.3. The number of benzene rings is 14. The third kappa shape index (κ3) is 9.39. The van der Waals surface area contributed by atoms with Gasteiger partial charge in [-0.3, -0.25) is 4.98 Å². The fourth-order valence-electron chi connectivity index (χ4n) is 17.2. The number of ether oxygens (including phenoxy) is 2. The number of aromatic nitrogens is 7. The molecule has 14 aromatic carbocycles. The van der Waals surface area contributed by atoms with Crippen LogP contribution in [0.4, 0.5) is 0 Å². The summed E-state index contributed by atoms with van der Waals surface area (Å²) in [6.45, 7) is 0. The zero-order valence-corrected chi connectivity index (χ0v) is 58.1. The van der Waals surface area contributed by atoms with Crippen LogP contribution in [0.2, 0.25) is 0 Å². The van der Waals surface area contributed by atoms with Gasteiger partial charge in [-0.2, -0.15) is 0 Å². The van der Waals surface area contributed by atoms with Crippen molar-refractivity contribution in [3.63, 3.8) is 0 Å². The van der Waals surface area contributed by atoms with Crippen molar-refractivity contribution in [1.29, 1.82) is 0 Å². The molecule has 2 spiro atoms. The Hall–Kier alpha value is -13.9. The minimum absolute atomic E-state index is 0.513. The van der Waals surface area contributed by atoms with Gasteiger partial charge in [0.05, 0.1) is 10.8 Å². The van der Waals surface area contributed by atoms with Crippen molar-refractivity contribution in [2.45, 2.75) is 10.8 Å². The first kappa shape index (κ1) is 60.6. The maximum Gasteiger partial charge on any atom is 0.182 e. The van der Waals surface area contributed by atoms with Crippen LogP contribution in [0.25, 0.3) is 144 Å². The zero-order chi connectivity index (χ0) is 70.3. The smallest absolute Gasteiger partial charge is 0.182 e. The van der Waals surface area contributed by atoms with Crippen molar-refractivity contribution >= 4 is 31.5 Å². The number of thiophene rings is 1. The molecule has 0 N–H and O–H groups in total. The van der Waals surface area contributed by atoms with Crippen LogP contribution >= 0.6 is 11.3 Å².